The summed E-state index contributed by atoms with van der Waals surface area (Å²) in [6.07, 6.45) is 4.09. The van der Waals surface area contributed by atoms with E-state index in [9.17, 15) is 21.6 Å². The molecule has 1 saturated heterocycles. The van der Waals surface area contributed by atoms with Crippen LogP contribution in [0.1, 0.15) is 44.2 Å². The molecular weight excluding hydrogens is 581 g/mol. The van der Waals surface area contributed by atoms with Gasteiger partial charge in [0.2, 0.25) is 0 Å². The van der Waals surface area contributed by atoms with Gasteiger partial charge in [-0.1, -0.05) is 0 Å². The number of sulfone groups is 1. The zero-order valence-corrected chi connectivity index (χ0v) is 25.2. The van der Waals surface area contributed by atoms with Crippen molar-refractivity contribution in [2.24, 2.45) is 12.8 Å². The molecule has 0 spiro atoms. The summed E-state index contributed by atoms with van der Waals surface area (Å²) in [5.41, 5.74) is 10.9. The third-order valence-corrected chi connectivity index (χ3v) is 10.3. The molecule has 2 fully saturated rings. The Balaban J connectivity index is 1.42. The maximum Gasteiger partial charge on any atom is 0.573 e. The lowest BCUT2D eigenvalue weighted by molar-refractivity contribution is -0.274. The van der Waals surface area contributed by atoms with Gasteiger partial charge in [-0.3, -0.25) is 14.1 Å². The van der Waals surface area contributed by atoms with Crippen LogP contribution >= 0.6 is 0 Å². The van der Waals surface area contributed by atoms with Crippen molar-refractivity contribution in [3.8, 4) is 22.7 Å². The van der Waals surface area contributed by atoms with Crippen molar-refractivity contribution in [1.82, 2.24) is 24.2 Å². The Labute approximate surface area is 248 Å². The number of ether oxygens (including phenoxy) is 1. The second kappa shape index (κ2) is 10.3. The molecule has 1 saturated carbocycles. The van der Waals surface area contributed by atoms with Gasteiger partial charge >= 0.3 is 6.36 Å². The highest BCUT2D eigenvalue weighted by molar-refractivity contribution is 7.91. The van der Waals surface area contributed by atoms with Crippen LogP contribution in [0.25, 0.3) is 28.0 Å². The highest BCUT2D eigenvalue weighted by atomic mass is 32.2. The summed E-state index contributed by atoms with van der Waals surface area (Å²) in [7, 11) is -1.14. The van der Waals surface area contributed by atoms with E-state index in [1.165, 1.54) is 12.1 Å². The number of alkyl halides is 3. The lowest BCUT2D eigenvalue weighted by atomic mass is 9.91. The summed E-state index contributed by atoms with van der Waals surface area (Å²) in [5, 5.41) is 5.33. The van der Waals surface area contributed by atoms with Crippen molar-refractivity contribution in [2.75, 3.05) is 24.6 Å². The number of rotatable bonds is 8. The third kappa shape index (κ3) is 6.16. The van der Waals surface area contributed by atoms with Crippen LogP contribution in [0.2, 0.25) is 0 Å². The normalized spacial score (nSPS) is 18.7. The van der Waals surface area contributed by atoms with Crippen molar-refractivity contribution in [3.63, 3.8) is 0 Å². The fourth-order valence-corrected chi connectivity index (χ4v) is 7.11. The largest absolute Gasteiger partial charge is 0.573 e. The summed E-state index contributed by atoms with van der Waals surface area (Å²) < 4.78 is 70.0. The zero-order valence-electron chi connectivity index (χ0n) is 24.4. The molecule has 0 atom stereocenters. The Kier molecular flexibility index (Phi) is 7.13. The number of hydrogen-bond acceptors (Lipinski definition) is 7. The van der Waals surface area contributed by atoms with E-state index in [0.29, 0.717) is 36.4 Å². The lowest BCUT2D eigenvalue weighted by Gasteiger charge is -2.41. The van der Waals surface area contributed by atoms with Crippen molar-refractivity contribution in [2.45, 2.75) is 57.0 Å². The first kappa shape index (κ1) is 29.6. The summed E-state index contributed by atoms with van der Waals surface area (Å²) in [6, 6.07) is 7.66. The Morgan fingerprint density at radius 3 is 2.33 bits per heavy atom. The minimum atomic E-state index is -4.77. The molecule has 2 aliphatic rings. The number of nitrogens with two attached hydrogens (primary N) is 1. The first-order chi connectivity index (χ1) is 20.1. The van der Waals surface area contributed by atoms with Crippen LogP contribution in [0.5, 0.6) is 5.75 Å². The maximum absolute atomic E-state index is 12.7. The summed E-state index contributed by atoms with van der Waals surface area (Å²) in [4.78, 5) is 7.29. The summed E-state index contributed by atoms with van der Waals surface area (Å²) in [6.45, 7) is 5.34. The molecule has 4 heterocycles. The predicted octanol–water partition coefficient (Wildman–Crippen LogP) is 4.71. The molecule has 9 nitrogen and oxygen atoms in total. The smallest absolute Gasteiger partial charge is 0.406 e. The number of aromatic nitrogens is 4. The van der Waals surface area contributed by atoms with Crippen molar-refractivity contribution in [3.05, 3.63) is 60.0 Å². The number of pyridine rings is 1. The molecule has 6 rings (SSSR count). The van der Waals surface area contributed by atoms with Gasteiger partial charge in [-0.2, -0.15) is 5.10 Å². The standard InChI is InChI=1S/C30H35F3N6O3S/c1-28(2,38-12-14-43(40,41)15-13-38)9-8-21-18-39(22-17-35-37(3)19-22)27-26(21)24(29(34)10-11-29)16-25(36-27)20-4-6-23(7-5-20)42-30(31,32)33/h4-7,16-19H,8-15,34H2,1-3H3. The van der Waals surface area contributed by atoms with Crippen LogP contribution in [-0.2, 0) is 28.8 Å². The van der Waals surface area contributed by atoms with Gasteiger partial charge in [-0.15, -0.1) is 13.2 Å². The van der Waals surface area contributed by atoms with E-state index in [-0.39, 0.29) is 22.8 Å². The summed E-state index contributed by atoms with van der Waals surface area (Å²) >= 11 is 0. The molecule has 4 aromatic rings. The number of halogens is 3. The van der Waals surface area contributed by atoms with Gasteiger partial charge in [0.15, 0.2) is 9.84 Å². The predicted molar refractivity (Wildman–Crippen MR) is 158 cm³/mol. The fourth-order valence-electron chi connectivity index (χ4n) is 5.91. The molecule has 0 amide bonds. The van der Waals surface area contributed by atoms with Crippen LogP contribution in [0.15, 0.2) is 48.9 Å². The molecule has 1 aliphatic carbocycles. The Morgan fingerprint density at radius 1 is 1.07 bits per heavy atom. The van der Waals surface area contributed by atoms with E-state index in [4.69, 9.17) is 10.7 Å². The maximum atomic E-state index is 12.7. The molecule has 13 heteroatoms. The molecule has 0 bridgehead atoms. The Bertz CT molecular complexity index is 1760. The number of nitrogens with zero attached hydrogens (tertiary/aromatic N) is 5. The van der Waals surface area contributed by atoms with Crippen LogP contribution < -0.4 is 10.5 Å². The molecule has 2 N–H and O–H groups in total. The Hall–Kier alpha value is -3.42. The van der Waals surface area contributed by atoms with Crippen molar-refractivity contribution < 1.29 is 26.3 Å². The molecule has 3 aromatic heterocycles. The molecule has 1 aromatic carbocycles. The second-order valence-electron chi connectivity index (χ2n) is 12.3. The van der Waals surface area contributed by atoms with Crippen LogP contribution in [0, 0.1) is 0 Å². The number of fused-ring (bicyclic) bond motifs is 1. The van der Waals surface area contributed by atoms with E-state index in [0.717, 1.165) is 41.5 Å². The summed E-state index contributed by atoms with van der Waals surface area (Å²) in [5.74, 6) is 0.0455. The second-order valence-corrected chi connectivity index (χ2v) is 14.6. The van der Waals surface area contributed by atoms with Crippen molar-refractivity contribution in [1.29, 1.82) is 0 Å². The Morgan fingerprint density at radius 2 is 1.74 bits per heavy atom. The average Bonchev–Trinajstić information content (AvgIpc) is 3.36. The zero-order chi connectivity index (χ0) is 30.8. The van der Waals surface area contributed by atoms with Crippen LogP contribution in [-0.4, -0.2) is 69.1 Å². The highest BCUT2D eigenvalue weighted by Gasteiger charge is 2.43. The first-order valence-electron chi connectivity index (χ1n) is 14.3. The topological polar surface area (TPSA) is 108 Å². The van der Waals surface area contributed by atoms with Crippen molar-refractivity contribution >= 4 is 20.9 Å². The quantitative estimate of drug-likeness (QED) is 0.305. The van der Waals surface area contributed by atoms with Gasteiger partial charge in [-0.05, 0) is 81.0 Å². The van der Waals surface area contributed by atoms with E-state index in [1.807, 2.05) is 23.9 Å². The van der Waals surface area contributed by atoms with E-state index >= 15 is 0 Å². The molecule has 43 heavy (non-hydrogen) atoms. The molecule has 0 radical (unpaired) electrons. The molecule has 230 valence electrons. The van der Waals surface area contributed by atoms with E-state index in [2.05, 4.69) is 34.8 Å². The monoisotopic (exact) mass is 616 g/mol. The van der Waals surface area contributed by atoms with Crippen LogP contribution in [0.4, 0.5) is 13.2 Å². The molecule has 0 unspecified atom stereocenters. The van der Waals surface area contributed by atoms with E-state index < -0.39 is 21.7 Å². The lowest BCUT2D eigenvalue weighted by Crippen LogP contribution is -2.51. The fraction of sp³-hybridized carbons (Fsp3) is 0.467. The minimum absolute atomic E-state index is 0.173. The first-order valence-corrected chi connectivity index (χ1v) is 16.1. The highest BCUT2D eigenvalue weighted by Crippen LogP contribution is 2.48. The van der Waals surface area contributed by atoms with Gasteiger partial charge in [0.25, 0.3) is 0 Å². The van der Waals surface area contributed by atoms with Gasteiger partial charge < -0.3 is 10.5 Å². The minimum Gasteiger partial charge on any atom is -0.406 e. The van der Waals surface area contributed by atoms with E-state index in [1.54, 1.807) is 23.0 Å². The molecule has 1 aliphatic heterocycles. The van der Waals surface area contributed by atoms with Crippen LogP contribution in [0.3, 0.4) is 0 Å². The third-order valence-electron chi connectivity index (χ3n) is 8.72. The number of hydrogen-bond donors (Lipinski definition) is 1. The van der Waals surface area contributed by atoms with Gasteiger partial charge in [-0.25, -0.2) is 13.4 Å². The number of benzene rings is 1. The van der Waals surface area contributed by atoms with Gasteiger partial charge in [0, 0.05) is 54.6 Å². The van der Waals surface area contributed by atoms with Gasteiger partial charge in [0.1, 0.15) is 11.4 Å². The average molecular weight is 617 g/mol. The number of aryl methyl sites for hydroxylation is 2. The molecular formula is C30H35F3N6O3S. The SMILES string of the molecule is Cn1cc(-n2cc(CCC(C)(C)N3CCS(=O)(=O)CC3)c3c(C4(N)CC4)cc(-c4ccc(OC(F)(F)F)cc4)nc32)cn1. The van der Waals surface area contributed by atoms with Gasteiger partial charge in [0.05, 0.1) is 29.1 Å².